The van der Waals surface area contributed by atoms with Crippen molar-refractivity contribution in [1.29, 1.82) is 0 Å². The first-order valence-electron chi connectivity index (χ1n) is 9.61. The Morgan fingerprint density at radius 1 is 1.09 bits per heavy atom. The van der Waals surface area contributed by atoms with E-state index in [0.717, 1.165) is 10.9 Å². The number of benzene rings is 2. The molecule has 0 aliphatic heterocycles. The van der Waals surface area contributed by atoms with Gasteiger partial charge in [0, 0.05) is 34.9 Å². The summed E-state index contributed by atoms with van der Waals surface area (Å²) < 4.78 is 33.2. The smallest absolute Gasteiger partial charge is 0.268 e. The van der Waals surface area contributed by atoms with Crippen LogP contribution in [0.5, 0.6) is 5.88 Å². The Bertz CT molecular complexity index is 1400. The molecule has 2 heterocycles. The number of pyridine rings is 1. The minimum absolute atomic E-state index is 0.110. The number of aromatic nitrogens is 2. The van der Waals surface area contributed by atoms with E-state index in [1.807, 2.05) is 19.2 Å². The summed E-state index contributed by atoms with van der Waals surface area (Å²) in [6.07, 6.45) is 1.63. The standard InChI is InChI=1S/C22H20Cl2N4O3S/c1-25-12-14-13-28(32(29,30)17-5-3-4-15(23)10-17)20-11-16(6-7-18(14)20)26-19-8-9-21(31-2)27-22(19)24/h3-11,13,25-26H,12H2,1-2H3. The molecule has 32 heavy (non-hydrogen) atoms. The second-order valence-electron chi connectivity index (χ2n) is 6.99. The van der Waals surface area contributed by atoms with Crippen LogP contribution in [-0.2, 0) is 16.6 Å². The molecule has 2 N–H and O–H groups in total. The lowest BCUT2D eigenvalue weighted by molar-refractivity contribution is 0.398. The van der Waals surface area contributed by atoms with Gasteiger partial charge in [0.05, 0.1) is 23.2 Å². The zero-order chi connectivity index (χ0) is 22.9. The maximum absolute atomic E-state index is 13.4. The van der Waals surface area contributed by atoms with Crippen LogP contribution in [0.15, 0.2) is 65.7 Å². The lowest BCUT2D eigenvalue weighted by atomic mass is 10.1. The molecule has 7 nitrogen and oxygen atoms in total. The van der Waals surface area contributed by atoms with Gasteiger partial charge in [-0.05, 0) is 49.0 Å². The minimum Gasteiger partial charge on any atom is -0.481 e. The second kappa shape index (κ2) is 8.99. The molecular formula is C22H20Cl2N4O3S. The third kappa shape index (κ3) is 4.27. The number of anilines is 2. The van der Waals surface area contributed by atoms with Crippen LogP contribution < -0.4 is 15.4 Å². The van der Waals surface area contributed by atoms with Gasteiger partial charge in [0.2, 0.25) is 5.88 Å². The third-order valence-corrected chi connectivity index (χ3v) is 7.08. The van der Waals surface area contributed by atoms with Crippen molar-refractivity contribution in [3.05, 3.63) is 76.5 Å². The molecule has 0 aliphatic carbocycles. The SMILES string of the molecule is CNCc1cn(S(=O)(=O)c2cccc(Cl)c2)c2cc(Nc3ccc(OC)nc3Cl)ccc12. The topological polar surface area (TPSA) is 85.2 Å². The van der Waals surface area contributed by atoms with Crippen molar-refractivity contribution in [2.45, 2.75) is 11.4 Å². The molecule has 0 saturated heterocycles. The molecule has 0 spiro atoms. The van der Waals surface area contributed by atoms with Crippen molar-refractivity contribution in [1.82, 2.24) is 14.3 Å². The van der Waals surface area contributed by atoms with Crippen molar-refractivity contribution in [3.8, 4) is 5.88 Å². The first kappa shape index (κ1) is 22.4. The molecule has 4 rings (SSSR count). The van der Waals surface area contributed by atoms with Crippen molar-refractivity contribution in [2.75, 3.05) is 19.5 Å². The Labute approximate surface area is 196 Å². The molecule has 10 heteroatoms. The van der Waals surface area contributed by atoms with E-state index in [9.17, 15) is 8.42 Å². The maximum Gasteiger partial charge on any atom is 0.268 e. The van der Waals surface area contributed by atoms with E-state index in [2.05, 4.69) is 15.6 Å². The molecule has 0 bridgehead atoms. The molecule has 0 aliphatic rings. The van der Waals surface area contributed by atoms with E-state index < -0.39 is 10.0 Å². The molecular weight excluding hydrogens is 471 g/mol. The highest BCUT2D eigenvalue weighted by atomic mass is 35.5. The largest absolute Gasteiger partial charge is 0.481 e. The summed E-state index contributed by atoms with van der Waals surface area (Å²) in [6, 6.07) is 15.1. The van der Waals surface area contributed by atoms with E-state index in [4.69, 9.17) is 27.9 Å². The van der Waals surface area contributed by atoms with Crippen LogP contribution in [-0.4, -0.2) is 31.5 Å². The van der Waals surface area contributed by atoms with Gasteiger partial charge in [-0.3, -0.25) is 0 Å². The van der Waals surface area contributed by atoms with Gasteiger partial charge in [-0.15, -0.1) is 0 Å². The lowest BCUT2D eigenvalue weighted by Crippen LogP contribution is -2.12. The van der Waals surface area contributed by atoms with Crippen LogP contribution in [0.1, 0.15) is 5.56 Å². The minimum atomic E-state index is -3.87. The molecule has 4 aromatic rings. The average molecular weight is 491 g/mol. The first-order chi connectivity index (χ1) is 15.3. The second-order valence-corrected chi connectivity index (χ2v) is 9.60. The van der Waals surface area contributed by atoms with Crippen LogP contribution in [0, 0.1) is 0 Å². The summed E-state index contributed by atoms with van der Waals surface area (Å²) >= 11 is 12.3. The molecule has 0 unspecified atom stereocenters. The summed E-state index contributed by atoms with van der Waals surface area (Å²) in [4.78, 5) is 4.25. The van der Waals surface area contributed by atoms with Gasteiger partial charge in [0.15, 0.2) is 5.15 Å². The van der Waals surface area contributed by atoms with Crippen molar-refractivity contribution >= 4 is 55.5 Å². The normalized spacial score (nSPS) is 11.6. The van der Waals surface area contributed by atoms with Gasteiger partial charge in [-0.2, -0.15) is 4.98 Å². The zero-order valence-corrected chi connectivity index (χ0v) is 19.6. The van der Waals surface area contributed by atoms with Crippen molar-refractivity contribution in [3.63, 3.8) is 0 Å². The molecule has 0 fully saturated rings. The Kier molecular flexibility index (Phi) is 6.30. The summed E-state index contributed by atoms with van der Waals surface area (Å²) in [5.74, 6) is 0.397. The monoisotopic (exact) mass is 490 g/mol. The fourth-order valence-electron chi connectivity index (χ4n) is 3.40. The lowest BCUT2D eigenvalue weighted by Gasteiger charge is -2.11. The number of ether oxygens (including phenoxy) is 1. The van der Waals surface area contributed by atoms with E-state index in [1.165, 1.54) is 23.2 Å². The predicted octanol–water partition coefficient (Wildman–Crippen LogP) is 5.05. The van der Waals surface area contributed by atoms with Crippen LogP contribution in [0.3, 0.4) is 0 Å². The number of hydrogen-bond acceptors (Lipinski definition) is 6. The first-order valence-corrected chi connectivity index (χ1v) is 11.8. The van der Waals surface area contributed by atoms with E-state index in [0.29, 0.717) is 34.3 Å². The number of hydrogen-bond donors (Lipinski definition) is 2. The summed E-state index contributed by atoms with van der Waals surface area (Å²) in [7, 11) is -0.551. The Balaban J connectivity index is 1.83. The van der Waals surface area contributed by atoms with Gasteiger partial charge in [-0.1, -0.05) is 35.3 Å². The molecule has 2 aromatic carbocycles. The van der Waals surface area contributed by atoms with E-state index >= 15 is 0 Å². The summed E-state index contributed by atoms with van der Waals surface area (Å²) in [5.41, 5.74) is 2.60. The van der Waals surface area contributed by atoms with Crippen molar-refractivity contribution < 1.29 is 13.2 Å². The Morgan fingerprint density at radius 3 is 2.59 bits per heavy atom. The molecule has 0 saturated carbocycles. The van der Waals surface area contributed by atoms with Crippen LogP contribution in [0.2, 0.25) is 10.2 Å². The molecule has 2 aromatic heterocycles. The van der Waals surface area contributed by atoms with Gasteiger partial charge in [0.25, 0.3) is 10.0 Å². The maximum atomic E-state index is 13.4. The molecule has 0 amide bonds. The average Bonchev–Trinajstić information content (AvgIpc) is 3.14. The Morgan fingerprint density at radius 2 is 1.91 bits per heavy atom. The van der Waals surface area contributed by atoms with E-state index in [-0.39, 0.29) is 10.0 Å². The van der Waals surface area contributed by atoms with Crippen LogP contribution >= 0.6 is 23.2 Å². The highest BCUT2D eigenvalue weighted by Gasteiger charge is 2.22. The van der Waals surface area contributed by atoms with Gasteiger partial charge >= 0.3 is 0 Å². The highest BCUT2D eigenvalue weighted by Crippen LogP contribution is 2.32. The van der Waals surface area contributed by atoms with Gasteiger partial charge in [0.1, 0.15) is 0 Å². The quantitative estimate of drug-likeness (QED) is 0.352. The number of nitrogens with zero attached hydrogens (tertiary/aromatic N) is 2. The number of nitrogens with one attached hydrogen (secondary N) is 2. The fourth-order valence-corrected chi connectivity index (χ4v) is 5.27. The molecule has 0 atom stereocenters. The predicted molar refractivity (Wildman–Crippen MR) is 128 cm³/mol. The van der Waals surface area contributed by atoms with Crippen molar-refractivity contribution in [2.24, 2.45) is 0 Å². The number of methoxy groups -OCH3 is 1. The van der Waals surface area contributed by atoms with Crippen LogP contribution in [0.25, 0.3) is 10.9 Å². The molecule has 166 valence electrons. The number of fused-ring (bicyclic) bond motifs is 1. The highest BCUT2D eigenvalue weighted by molar-refractivity contribution is 7.90. The number of rotatable bonds is 7. The third-order valence-electron chi connectivity index (χ3n) is 4.89. The van der Waals surface area contributed by atoms with Crippen LogP contribution in [0.4, 0.5) is 11.4 Å². The fraction of sp³-hybridized carbons (Fsp3) is 0.136. The Hall–Kier alpha value is -2.78. The van der Waals surface area contributed by atoms with E-state index in [1.54, 1.807) is 36.5 Å². The summed E-state index contributed by atoms with van der Waals surface area (Å²) in [6.45, 7) is 0.509. The molecule has 0 radical (unpaired) electrons. The zero-order valence-electron chi connectivity index (χ0n) is 17.3. The van der Waals surface area contributed by atoms with Gasteiger partial charge < -0.3 is 15.4 Å². The number of halogens is 2. The summed E-state index contributed by atoms with van der Waals surface area (Å²) in [5, 5.41) is 7.67. The van der Waals surface area contributed by atoms with Gasteiger partial charge in [-0.25, -0.2) is 12.4 Å².